The highest BCUT2D eigenvalue weighted by Crippen LogP contribution is 2.27. The van der Waals surface area contributed by atoms with E-state index in [4.69, 9.17) is 5.73 Å². The van der Waals surface area contributed by atoms with Crippen LogP contribution in [-0.2, 0) is 6.54 Å². The Balaban J connectivity index is 2.28. The normalized spacial score (nSPS) is 9.95. The molecule has 0 spiro atoms. The van der Waals surface area contributed by atoms with Crippen LogP contribution in [0.5, 0.6) is 0 Å². The summed E-state index contributed by atoms with van der Waals surface area (Å²) >= 11 is 3.40. The molecule has 0 atom stereocenters. The van der Waals surface area contributed by atoms with Crippen molar-refractivity contribution in [1.29, 1.82) is 5.26 Å². The van der Waals surface area contributed by atoms with Crippen molar-refractivity contribution < 1.29 is 0 Å². The molecule has 2 aromatic rings. The van der Waals surface area contributed by atoms with Gasteiger partial charge in [-0.1, -0.05) is 18.2 Å². The molecule has 19 heavy (non-hydrogen) atoms. The Morgan fingerprint density at radius 1 is 1.26 bits per heavy atom. The number of rotatable bonds is 3. The first-order valence-electron chi connectivity index (χ1n) is 5.86. The van der Waals surface area contributed by atoms with E-state index in [1.807, 2.05) is 54.4 Å². The number of hydrogen-bond acceptors (Lipinski definition) is 3. The summed E-state index contributed by atoms with van der Waals surface area (Å²) in [6, 6.07) is 15.7. The second-order valence-corrected chi connectivity index (χ2v) is 5.20. The lowest BCUT2D eigenvalue weighted by Crippen LogP contribution is -2.17. The summed E-state index contributed by atoms with van der Waals surface area (Å²) in [4.78, 5) is 2.04. The van der Waals surface area contributed by atoms with E-state index in [1.165, 1.54) is 0 Å². The van der Waals surface area contributed by atoms with Crippen LogP contribution in [0, 0.1) is 11.3 Å². The Kier molecular flexibility index (Phi) is 4.08. The minimum absolute atomic E-state index is 0.647. The molecule has 2 N–H and O–H groups in total. The molecule has 4 heteroatoms. The lowest BCUT2D eigenvalue weighted by molar-refractivity contribution is 0.920. The van der Waals surface area contributed by atoms with Gasteiger partial charge in [0, 0.05) is 23.8 Å². The summed E-state index contributed by atoms with van der Waals surface area (Å²) in [5, 5.41) is 9.23. The third kappa shape index (κ3) is 3.07. The van der Waals surface area contributed by atoms with Gasteiger partial charge in [-0.05, 0) is 45.8 Å². The highest BCUT2D eigenvalue weighted by atomic mass is 79.9. The van der Waals surface area contributed by atoms with E-state index < -0.39 is 0 Å². The second-order valence-electron chi connectivity index (χ2n) is 4.35. The highest BCUT2D eigenvalue weighted by Gasteiger charge is 2.10. The summed E-state index contributed by atoms with van der Waals surface area (Å²) in [5.74, 6) is 0. The standard InChI is InChI=1S/C15H14BrN3/c1-19(10-11-4-2-5-12(18)8-11)15-7-3-6-14(16)13(15)9-17/h2-8H,10,18H2,1H3. The van der Waals surface area contributed by atoms with Crippen LogP contribution in [0.1, 0.15) is 11.1 Å². The van der Waals surface area contributed by atoms with Crippen molar-refractivity contribution in [3.8, 4) is 6.07 Å². The topological polar surface area (TPSA) is 53.0 Å². The maximum Gasteiger partial charge on any atom is 0.103 e. The van der Waals surface area contributed by atoms with Crippen LogP contribution < -0.4 is 10.6 Å². The minimum atomic E-state index is 0.647. The fourth-order valence-corrected chi connectivity index (χ4v) is 2.44. The molecule has 0 radical (unpaired) electrons. The van der Waals surface area contributed by atoms with Crippen LogP contribution >= 0.6 is 15.9 Å². The SMILES string of the molecule is CN(Cc1cccc(N)c1)c1cccc(Br)c1C#N. The van der Waals surface area contributed by atoms with Gasteiger partial charge in [-0.25, -0.2) is 0 Å². The van der Waals surface area contributed by atoms with Gasteiger partial charge in [0.2, 0.25) is 0 Å². The predicted octanol–water partition coefficient (Wildman–Crippen LogP) is 3.54. The van der Waals surface area contributed by atoms with E-state index in [9.17, 15) is 5.26 Å². The van der Waals surface area contributed by atoms with Crippen LogP contribution in [0.3, 0.4) is 0 Å². The highest BCUT2D eigenvalue weighted by molar-refractivity contribution is 9.10. The van der Waals surface area contributed by atoms with Gasteiger partial charge >= 0.3 is 0 Å². The molecule has 0 unspecified atom stereocenters. The number of halogens is 1. The van der Waals surface area contributed by atoms with Crippen molar-refractivity contribution in [1.82, 2.24) is 0 Å². The first-order chi connectivity index (χ1) is 9.11. The van der Waals surface area contributed by atoms with Crippen molar-refractivity contribution in [3.63, 3.8) is 0 Å². The molecule has 0 aliphatic carbocycles. The minimum Gasteiger partial charge on any atom is -0.399 e. The van der Waals surface area contributed by atoms with Crippen molar-refractivity contribution in [3.05, 3.63) is 58.1 Å². The van der Waals surface area contributed by atoms with Gasteiger partial charge in [-0.15, -0.1) is 0 Å². The molecule has 0 heterocycles. The van der Waals surface area contributed by atoms with Gasteiger partial charge < -0.3 is 10.6 Å². The lowest BCUT2D eigenvalue weighted by Gasteiger charge is -2.21. The molecule has 2 rings (SSSR count). The zero-order valence-corrected chi connectivity index (χ0v) is 12.2. The Labute approximate surface area is 121 Å². The van der Waals surface area contributed by atoms with Crippen molar-refractivity contribution in [2.45, 2.75) is 6.54 Å². The van der Waals surface area contributed by atoms with Crippen LogP contribution in [0.25, 0.3) is 0 Å². The molecule has 0 bridgehead atoms. The Bertz CT molecular complexity index is 632. The number of benzene rings is 2. The molecule has 0 aromatic heterocycles. The van der Waals surface area contributed by atoms with Crippen molar-refractivity contribution in [2.75, 3.05) is 17.7 Å². The van der Waals surface area contributed by atoms with Gasteiger partial charge in [0.05, 0.1) is 11.3 Å². The Morgan fingerprint density at radius 2 is 2.00 bits per heavy atom. The number of hydrogen-bond donors (Lipinski definition) is 1. The molecule has 0 fully saturated rings. The predicted molar refractivity (Wildman–Crippen MR) is 81.8 cm³/mol. The van der Waals surface area contributed by atoms with E-state index in [2.05, 4.69) is 22.0 Å². The summed E-state index contributed by atoms with van der Waals surface area (Å²) < 4.78 is 0.812. The average molecular weight is 316 g/mol. The third-order valence-electron chi connectivity index (χ3n) is 2.89. The zero-order chi connectivity index (χ0) is 13.8. The van der Waals surface area contributed by atoms with E-state index in [0.717, 1.165) is 21.4 Å². The second kappa shape index (κ2) is 5.77. The largest absolute Gasteiger partial charge is 0.399 e. The Morgan fingerprint density at radius 3 is 2.68 bits per heavy atom. The van der Waals surface area contributed by atoms with Gasteiger partial charge in [0.15, 0.2) is 0 Å². The number of anilines is 2. The molecule has 3 nitrogen and oxygen atoms in total. The summed E-state index contributed by atoms with van der Waals surface area (Å²) in [6.45, 7) is 0.705. The van der Waals surface area contributed by atoms with E-state index in [1.54, 1.807) is 0 Å². The van der Waals surface area contributed by atoms with E-state index in [0.29, 0.717) is 12.1 Å². The molecule has 0 saturated heterocycles. The maximum atomic E-state index is 9.23. The summed E-state index contributed by atoms with van der Waals surface area (Å²) in [5.41, 5.74) is 9.19. The first-order valence-corrected chi connectivity index (χ1v) is 6.65. The monoisotopic (exact) mass is 315 g/mol. The van der Waals surface area contributed by atoms with E-state index >= 15 is 0 Å². The van der Waals surface area contributed by atoms with Crippen LogP contribution in [-0.4, -0.2) is 7.05 Å². The average Bonchev–Trinajstić information content (AvgIpc) is 2.38. The molecule has 0 aliphatic heterocycles. The third-order valence-corrected chi connectivity index (χ3v) is 3.55. The quantitative estimate of drug-likeness (QED) is 0.881. The number of nitrogen functional groups attached to an aromatic ring is 1. The van der Waals surface area contributed by atoms with Gasteiger partial charge in [-0.2, -0.15) is 5.26 Å². The number of nitrogens with two attached hydrogens (primary N) is 1. The van der Waals surface area contributed by atoms with Gasteiger partial charge in [0.25, 0.3) is 0 Å². The molecule has 0 saturated carbocycles. The smallest absolute Gasteiger partial charge is 0.103 e. The van der Waals surface area contributed by atoms with Crippen LogP contribution in [0.15, 0.2) is 46.9 Å². The molecular formula is C15H14BrN3. The van der Waals surface area contributed by atoms with Gasteiger partial charge in [-0.3, -0.25) is 0 Å². The van der Waals surface area contributed by atoms with E-state index in [-0.39, 0.29) is 0 Å². The zero-order valence-electron chi connectivity index (χ0n) is 10.6. The fourth-order valence-electron chi connectivity index (χ4n) is 1.99. The molecule has 0 aliphatic rings. The lowest BCUT2D eigenvalue weighted by atomic mass is 10.1. The Hall–Kier alpha value is -1.99. The summed E-state index contributed by atoms with van der Waals surface area (Å²) in [6.07, 6.45) is 0. The van der Waals surface area contributed by atoms with Crippen molar-refractivity contribution in [2.24, 2.45) is 0 Å². The summed E-state index contributed by atoms with van der Waals surface area (Å²) in [7, 11) is 1.96. The maximum absolute atomic E-state index is 9.23. The fraction of sp³-hybridized carbons (Fsp3) is 0.133. The first kappa shape index (κ1) is 13.4. The molecule has 2 aromatic carbocycles. The van der Waals surface area contributed by atoms with Crippen molar-refractivity contribution >= 4 is 27.3 Å². The van der Waals surface area contributed by atoms with Crippen LogP contribution in [0.4, 0.5) is 11.4 Å². The molecular weight excluding hydrogens is 302 g/mol. The van der Waals surface area contributed by atoms with Crippen LogP contribution in [0.2, 0.25) is 0 Å². The molecule has 0 amide bonds. The number of nitrogens with zero attached hydrogens (tertiary/aromatic N) is 2. The van der Waals surface area contributed by atoms with Gasteiger partial charge in [0.1, 0.15) is 6.07 Å². The number of nitriles is 1. The molecule has 96 valence electrons.